The summed E-state index contributed by atoms with van der Waals surface area (Å²) in [5.41, 5.74) is 3.18. The highest BCUT2D eigenvalue weighted by Gasteiger charge is 2.28. The van der Waals surface area contributed by atoms with Gasteiger partial charge < -0.3 is 19.1 Å². The molecule has 3 heterocycles. The van der Waals surface area contributed by atoms with Gasteiger partial charge >= 0.3 is 0 Å². The van der Waals surface area contributed by atoms with E-state index in [0.717, 1.165) is 42.6 Å². The van der Waals surface area contributed by atoms with Crippen molar-refractivity contribution in [3.05, 3.63) is 76.7 Å². The highest BCUT2D eigenvalue weighted by atomic mass is 35.5. The lowest BCUT2D eigenvalue weighted by molar-refractivity contribution is 0.157. The highest BCUT2D eigenvalue weighted by molar-refractivity contribution is 6.32. The Morgan fingerprint density at radius 2 is 1.71 bits per heavy atom. The molecule has 1 aliphatic heterocycles. The molecule has 7 nitrogen and oxygen atoms in total. The molecule has 236 valence electrons. The van der Waals surface area contributed by atoms with Gasteiger partial charge in [0.05, 0.1) is 41.1 Å². The first-order valence-corrected chi connectivity index (χ1v) is 15.8. The van der Waals surface area contributed by atoms with Gasteiger partial charge in [-0.1, -0.05) is 41.9 Å². The minimum atomic E-state index is -0.527. The summed E-state index contributed by atoms with van der Waals surface area (Å²) in [7, 11) is 3.60. The first-order valence-electron chi connectivity index (χ1n) is 15.4. The van der Waals surface area contributed by atoms with E-state index in [-0.39, 0.29) is 11.3 Å². The highest BCUT2D eigenvalue weighted by Crippen LogP contribution is 2.45. The number of aromatic nitrogens is 3. The Labute approximate surface area is 268 Å². The molecule has 5 aromatic rings. The van der Waals surface area contributed by atoms with Crippen LogP contribution in [0.25, 0.3) is 33.1 Å². The number of piperidine rings is 1. The van der Waals surface area contributed by atoms with Crippen LogP contribution >= 0.6 is 11.6 Å². The topological polar surface area (TPSA) is 61.6 Å². The second-order valence-corrected chi connectivity index (χ2v) is 13.4. The van der Waals surface area contributed by atoms with E-state index in [1.807, 2.05) is 54.1 Å². The van der Waals surface area contributed by atoms with Gasteiger partial charge in [-0.3, -0.25) is 0 Å². The van der Waals surface area contributed by atoms with Crippen LogP contribution in [-0.2, 0) is 12.1 Å². The maximum atomic E-state index is 16.7. The van der Waals surface area contributed by atoms with Crippen molar-refractivity contribution in [2.24, 2.45) is 5.92 Å². The zero-order valence-corrected chi connectivity index (χ0v) is 27.5. The quantitative estimate of drug-likeness (QED) is 0.172. The van der Waals surface area contributed by atoms with Gasteiger partial charge in [0.25, 0.3) is 0 Å². The molecule has 1 saturated heterocycles. The van der Waals surface area contributed by atoms with Gasteiger partial charge in [-0.05, 0) is 96.4 Å². The second-order valence-electron chi connectivity index (χ2n) is 12.9. The normalized spacial score (nSPS) is 14.8. The van der Waals surface area contributed by atoms with E-state index in [9.17, 15) is 0 Å². The fourth-order valence-electron chi connectivity index (χ4n) is 6.04. The minimum Gasteiger partial charge on any atom is -0.490 e. The van der Waals surface area contributed by atoms with Crippen LogP contribution in [0.3, 0.4) is 0 Å². The van der Waals surface area contributed by atoms with Gasteiger partial charge in [0.15, 0.2) is 23.0 Å². The summed E-state index contributed by atoms with van der Waals surface area (Å²) in [6, 6.07) is 17.2. The summed E-state index contributed by atoms with van der Waals surface area (Å²) in [4.78, 5) is 7.40. The lowest BCUT2D eigenvalue weighted by atomic mass is 9.98. The first-order chi connectivity index (χ1) is 21.5. The zero-order chi connectivity index (χ0) is 31.9. The van der Waals surface area contributed by atoms with E-state index in [1.165, 1.54) is 7.11 Å². The second kappa shape index (κ2) is 12.5. The molecule has 1 aliphatic rings. The third kappa shape index (κ3) is 6.18. The average molecular weight is 631 g/mol. The number of aryl methyl sites for hydroxylation is 1. The van der Waals surface area contributed by atoms with E-state index in [4.69, 9.17) is 35.9 Å². The van der Waals surface area contributed by atoms with E-state index < -0.39 is 5.82 Å². The van der Waals surface area contributed by atoms with Crippen LogP contribution in [0, 0.1) is 18.7 Å². The summed E-state index contributed by atoms with van der Waals surface area (Å²) < 4.78 is 36.6. The number of nitrogens with zero attached hydrogens (tertiary/aromatic N) is 4. The standard InChI is InChI=1S/C36H40ClFN4O3/c1-22-30-26-19-29(45-21-24-14-16-41(5)17-15-24)34(43-6)32(38)31(26)33(39-35(30)42(40-22)36(2,3)4)25-12-13-28(27(37)18-25)44-20-23-10-8-7-9-11-23/h7-13,18-19,24H,14-17,20-21H2,1-6H3. The van der Waals surface area contributed by atoms with Gasteiger partial charge in [-0.2, -0.15) is 5.10 Å². The van der Waals surface area contributed by atoms with Crippen LogP contribution in [0.1, 0.15) is 44.9 Å². The average Bonchev–Trinajstić information content (AvgIpc) is 3.37. The number of fused-ring (bicyclic) bond motifs is 3. The Morgan fingerprint density at radius 1 is 0.978 bits per heavy atom. The van der Waals surface area contributed by atoms with Crippen molar-refractivity contribution in [2.75, 3.05) is 33.9 Å². The van der Waals surface area contributed by atoms with Crippen molar-refractivity contribution in [1.82, 2.24) is 19.7 Å². The molecule has 0 unspecified atom stereocenters. The molecule has 45 heavy (non-hydrogen) atoms. The lowest BCUT2D eigenvalue weighted by Gasteiger charge is -2.29. The molecular weight excluding hydrogens is 591 g/mol. The number of hydrogen-bond donors (Lipinski definition) is 0. The van der Waals surface area contributed by atoms with Crippen LogP contribution in [0.4, 0.5) is 4.39 Å². The van der Waals surface area contributed by atoms with Crippen molar-refractivity contribution in [2.45, 2.75) is 52.7 Å². The Balaban J connectivity index is 1.49. The maximum Gasteiger partial charge on any atom is 0.197 e. The van der Waals surface area contributed by atoms with E-state index >= 15 is 4.39 Å². The smallest absolute Gasteiger partial charge is 0.197 e. The molecule has 0 saturated carbocycles. The number of methoxy groups -OCH3 is 1. The summed E-state index contributed by atoms with van der Waals surface area (Å²) in [6.45, 7) is 11.1. The molecule has 0 bridgehead atoms. The van der Waals surface area contributed by atoms with Crippen molar-refractivity contribution in [3.63, 3.8) is 0 Å². The van der Waals surface area contributed by atoms with Crippen LogP contribution in [-0.4, -0.2) is 53.5 Å². The van der Waals surface area contributed by atoms with Crippen LogP contribution in [0.15, 0.2) is 54.6 Å². The van der Waals surface area contributed by atoms with Crippen molar-refractivity contribution in [3.8, 4) is 28.5 Å². The first kappa shape index (κ1) is 31.1. The molecular formula is C36H40ClFN4O3. The van der Waals surface area contributed by atoms with E-state index in [2.05, 4.69) is 32.7 Å². The van der Waals surface area contributed by atoms with Gasteiger partial charge in [0, 0.05) is 16.3 Å². The molecule has 0 spiro atoms. The molecule has 1 fully saturated rings. The molecule has 0 aliphatic carbocycles. The zero-order valence-electron chi connectivity index (χ0n) is 26.8. The summed E-state index contributed by atoms with van der Waals surface area (Å²) in [5, 5.41) is 7.05. The Morgan fingerprint density at radius 3 is 2.38 bits per heavy atom. The molecule has 0 N–H and O–H groups in total. The van der Waals surface area contributed by atoms with Crippen molar-refractivity contribution in [1.29, 1.82) is 0 Å². The fraction of sp³-hybridized carbons (Fsp3) is 0.389. The van der Waals surface area contributed by atoms with Gasteiger partial charge in [-0.15, -0.1) is 0 Å². The van der Waals surface area contributed by atoms with Gasteiger partial charge in [-0.25, -0.2) is 14.1 Å². The number of pyridine rings is 1. The molecule has 9 heteroatoms. The number of ether oxygens (including phenoxy) is 3. The van der Waals surface area contributed by atoms with E-state index in [0.29, 0.717) is 63.3 Å². The molecule has 0 radical (unpaired) electrons. The number of likely N-dealkylation sites (tertiary alicyclic amines) is 1. The van der Waals surface area contributed by atoms with Gasteiger partial charge in [0.2, 0.25) is 0 Å². The third-order valence-corrected chi connectivity index (χ3v) is 8.84. The number of benzene rings is 3. The summed E-state index contributed by atoms with van der Waals surface area (Å²) in [6.07, 6.45) is 2.08. The summed E-state index contributed by atoms with van der Waals surface area (Å²) >= 11 is 6.76. The minimum absolute atomic E-state index is 0.0626. The van der Waals surface area contributed by atoms with E-state index in [1.54, 1.807) is 12.1 Å². The number of halogens is 2. The molecule has 0 atom stereocenters. The largest absolute Gasteiger partial charge is 0.490 e. The fourth-order valence-corrected chi connectivity index (χ4v) is 6.28. The number of rotatable bonds is 8. The van der Waals surface area contributed by atoms with Crippen molar-refractivity contribution >= 4 is 33.4 Å². The van der Waals surface area contributed by atoms with Crippen LogP contribution in [0.2, 0.25) is 5.02 Å². The summed E-state index contributed by atoms with van der Waals surface area (Å²) in [5.74, 6) is 0.847. The third-order valence-electron chi connectivity index (χ3n) is 8.54. The Bertz CT molecular complexity index is 1840. The van der Waals surface area contributed by atoms with Crippen LogP contribution in [0.5, 0.6) is 17.2 Å². The molecule has 2 aromatic heterocycles. The lowest BCUT2D eigenvalue weighted by Crippen LogP contribution is -2.32. The Kier molecular flexibility index (Phi) is 8.63. The Hall–Kier alpha value is -3.88. The monoisotopic (exact) mass is 630 g/mol. The molecule has 3 aromatic carbocycles. The predicted octanol–water partition coefficient (Wildman–Crippen LogP) is 8.42. The molecule has 0 amide bonds. The van der Waals surface area contributed by atoms with Gasteiger partial charge in [0.1, 0.15) is 12.4 Å². The SMILES string of the molecule is COc1c(OCC2CCN(C)CC2)cc2c(c(-c3ccc(OCc4ccccc4)c(Cl)c3)nc3c2c(C)nn3C(C)(C)C)c1F. The number of hydrogen-bond acceptors (Lipinski definition) is 6. The van der Waals surface area contributed by atoms with Crippen LogP contribution < -0.4 is 14.2 Å². The predicted molar refractivity (Wildman–Crippen MR) is 178 cm³/mol. The van der Waals surface area contributed by atoms with Crippen molar-refractivity contribution < 1.29 is 18.6 Å². The molecule has 6 rings (SSSR count). The maximum absolute atomic E-state index is 16.7.